The Morgan fingerprint density at radius 3 is 2.44 bits per heavy atom. The van der Waals surface area contributed by atoms with Crippen LogP contribution in [0.2, 0.25) is 0 Å². The van der Waals surface area contributed by atoms with Gasteiger partial charge in [-0.25, -0.2) is 0 Å². The van der Waals surface area contributed by atoms with E-state index < -0.39 is 0 Å². The Morgan fingerprint density at radius 1 is 0.912 bits per heavy atom. The van der Waals surface area contributed by atoms with Gasteiger partial charge in [0.05, 0.1) is 17.3 Å². The van der Waals surface area contributed by atoms with Crippen molar-refractivity contribution in [1.82, 2.24) is 15.2 Å². The van der Waals surface area contributed by atoms with Crippen LogP contribution >= 0.6 is 0 Å². The first-order valence-corrected chi connectivity index (χ1v) is 12.3. The highest BCUT2D eigenvalue weighted by atomic mass is 16.2. The minimum Gasteiger partial charge on any atom is -0.345 e. The topological polar surface area (TPSA) is 62.3 Å². The SMILES string of the molecule is Cc1ccc(C(=O)NC2CCCc3ccccc32)c(C2CCN(C(=O)c3ccccc3)CC2)n1. The Kier molecular flexibility index (Phi) is 6.43. The molecule has 34 heavy (non-hydrogen) atoms. The van der Waals surface area contributed by atoms with E-state index in [1.54, 1.807) is 0 Å². The van der Waals surface area contributed by atoms with Gasteiger partial charge in [0.25, 0.3) is 11.8 Å². The number of hydrogen-bond donors (Lipinski definition) is 1. The Hall–Kier alpha value is -3.47. The van der Waals surface area contributed by atoms with Gasteiger partial charge in [-0.15, -0.1) is 0 Å². The van der Waals surface area contributed by atoms with Crippen LogP contribution in [0.3, 0.4) is 0 Å². The number of carbonyl (C=O) groups is 2. The molecular weight excluding hydrogens is 422 g/mol. The number of rotatable bonds is 4. The van der Waals surface area contributed by atoms with Crippen LogP contribution in [0.5, 0.6) is 0 Å². The molecule has 5 heteroatoms. The molecule has 0 spiro atoms. The molecule has 2 aromatic carbocycles. The van der Waals surface area contributed by atoms with Crippen LogP contribution in [-0.4, -0.2) is 34.8 Å². The van der Waals surface area contributed by atoms with E-state index in [1.165, 1.54) is 11.1 Å². The number of carbonyl (C=O) groups excluding carboxylic acids is 2. The second-order valence-corrected chi connectivity index (χ2v) is 9.44. The summed E-state index contributed by atoms with van der Waals surface area (Å²) in [7, 11) is 0. The van der Waals surface area contributed by atoms with Crippen molar-refractivity contribution in [3.8, 4) is 0 Å². The lowest BCUT2D eigenvalue weighted by atomic mass is 9.87. The molecular formula is C29H31N3O2. The molecule has 0 saturated carbocycles. The molecule has 1 aliphatic carbocycles. The van der Waals surface area contributed by atoms with Crippen molar-refractivity contribution in [3.05, 3.63) is 100 Å². The molecule has 1 aromatic heterocycles. The van der Waals surface area contributed by atoms with E-state index in [2.05, 4.69) is 23.5 Å². The smallest absolute Gasteiger partial charge is 0.253 e. The maximum absolute atomic E-state index is 13.4. The summed E-state index contributed by atoms with van der Waals surface area (Å²) in [5.74, 6) is 0.191. The minimum atomic E-state index is -0.0491. The predicted molar refractivity (Wildman–Crippen MR) is 133 cm³/mol. The first kappa shape index (κ1) is 22.3. The summed E-state index contributed by atoms with van der Waals surface area (Å²) >= 11 is 0. The first-order chi connectivity index (χ1) is 16.6. The fraction of sp³-hybridized carbons (Fsp3) is 0.345. The number of aromatic nitrogens is 1. The van der Waals surface area contributed by atoms with Gasteiger partial charge in [0.1, 0.15) is 0 Å². The van der Waals surface area contributed by atoms with Gasteiger partial charge in [0.15, 0.2) is 0 Å². The Labute approximate surface area is 201 Å². The van der Waals surface area contributed by atoms with Crippen LogP contribution in [0.15, 0.2) is 66.7 Å². The lowest BCUT2D eigenvalue weighted by Gasteiger charge is -2.33. The molecule has 5 rings (SSSR count). The van der Waals surface area contributed by atoms with E-state index >= 15 is 0 Å². The summed E-state index contributed by atoms with van der Waals surface area (Å²) < 4.78 is 0. The van der Waals surface area contributed by atoms with Crippen molar-refractivity contribution < 1.29 is 9.59 Å². The number of pyridine rings is 1. The van der Waals surface area contributed by atoms with Crippen LogP contribution in [0.25, 0.3) is 0 Å². The number of piperidine rings is 1. The van der Waals surface area contributed by atoms with E-state index in [0.29, 0.717) is 18.7 Å². The maximum Gasteiger partial charge on any atom is 0.253 e. The van der Waals surface area contributed by atoms with Crippen LogP contribution in [0, 0.1) is 6.92 Å². The number of amides is 2. The van der Waals surface area contributed by atoms with Gasteiger partial charge in [0.2, 0.25) is 0 Å². The fourth-order valence-corrected chi connectivity index (χ4v) is 5.34. The van der Waals surface area contributed by atoms with Gasteiger partial charge in [-0.1, -0.05) is 42.5 Å². The molecule has 1 saturated heterocycles. The van der Waals surface area contributed by atoms with E-state index in [-0.39, 0.29) is 23.8 Å². The normalized spacial score (nSPS) is 18.3. The molecule has 174 valence electrons. The highest BCUT2D eigenvalue weighted by Crippen LogP contribution is 2.32. The van der Waals surface area contributed by atoms with Crippen LogP contribution in [-0.2, 0) is 6.42 Å². The van der Waals surface area contributed by atoms with E-state index in [1.807, 2.05) is 60.4 Å². The third kappa shape index (κ3) is 4.60. The van der Waals surface area contributed by atoms with Gasteiger partial charge >= 0.3 is 0 Å². The molecule has 5 nitrogen and oxygen atoms in total. The lowest BCUT2D eigenvalue weighted by Crippen LogP contribution is -2.38. The number of fused-ring (bicyclic) bond motifs is 1. The molecule has 2 heterocycles. The third-order valence-corrected chi connectivity index (χ3v) is 7.17. The quantitative estimate of drug-likeness (QED) is 0.589. The Morgan fingerprint density at radius 2 is 1.65 bits per heavy atom. The van der Waals surface area contributed by atoms with Crippen LogP contribution in [0.4, 0.5) is 0 Å². The van der Waals surface area contributed by atoms with Crippen molar-refractivity contribution in [2.24, 2.45) is 0 Å². The largest absolute Gasteiger partial charge is 0.345 e. The van der Waals surface area contributed by atoms with Crippen LogP contribution < -0.4 is 5.32 Å². The van der Waals surface area contributed by atoms with Crippen molar-refractivity contribution in [3.63, 3.8) is 0 Å². The summed E-state index contributed by atoms with van der Waals surface area (Å²) in [6, 6.07) is 21.7. The van der Waals surface area contributed by atoms with Crippen molar-refractivity contribution in [2.75, 3.05) is 13.1 Å². The zero-order valence-electron chi connectivity index (χ0n) is 19.7. The lowest BCUT2D eigenvalue weighted by molar-refractivity contribution is 0.0710. The number of aryl methyl sites for hydroxylation is 2. The zero-order chi connectivity index (χ0) is 23.5. The van der Waals surface area contributed by atoms with Gasteiger partial charge in [-0.2, -0.15) is 0 Å². The van der Waals surface area contributed by atoms with Gasteiger partial charge in [-0.05, 0) is 74.4 Å². The standard InChI is InChI=1S/C29H31N3O2/c1-20-14-15-25(28(33)31-26-13-7-11-21-8-5-6-12-24(21)26)27(30-20)22-16-18-32(19-17-22)29(34)23-9-3-2-4-10-23/h2-6,8-10,12,14-15,22,26H,7,11,13,16-19H2,1H3,(H,31,33). The molecule has 1 atom stereocenters. The van der Waals surface area contributed by atoms with Crippen molar-refractivity contribution in [2.45, 2.75) is 51.0 Å². The molecule has 1 N–H and O–H groups in total. The predicted octanol–water partition coefficient (Wildman–Crippen LogP) is 5.22. The molecule has 3 aromatic rings. The third-order valence-electron chi connectivity index (χ3n) is 7.17. The Balaban J connectivity index is 1.31. The second kappa shape index (κ2) is 9.80. The highest BCUT2D eigenvalue weighted by molar-refractivity contribution is 5.96. The molecule has 2 aliphatic rings. The maximum atomic E-state index is 13.4. The number of nitrogens with zero attached hydrogens (tertiary/aromatic N) is 2. The highest BCUT2D eigenvalue weighted by Gasteiger charge is 2.29. The molecule has 1 unspecified atom stereocenters. The van der Waals surface area contributed by atoms with Gasteiger partial charge in [-0.3, -0.25) is 14.6 Å². The van der Waals surface area contributed by atoms with E-state index in [4.69, 9.17) is 4.98 Å². The summed E-state index contributed by atoms with van der Waals surface area (Å²) in [5, 5.41) is 3.30. The summed E-state index contributed by atoms with van der Waals surface area (Å²) in [6.45, 7) is 3.31. The monoisotopic (exact) mass is 453 g/mol. The van der Waals surface area contributed by atoms with Crippen molar-refractivity contribution >= 4 is 11.8 Å². The Bertz CT molecular complexity index is 1180. The van der Waals surface area contributed by atoms with Gasteiger partial charge in [0, 0.05) is 30.3 Å². The molecule has 0 bridgehead atoms. The average Bonchev–Trinajstić information content (AvgIpc) is 2.89. The van der Waals surface area contributed by atoms with Crippen molar-refractivity contribution in [1.29, 1.82) is 0 Å². The fourth-order valence-electron chi connectivity index (χ4n) is 5.34. The summed E-state index contributed by atoms with van der Waals surface area (Å²) in [5.41, 5.74) is 5.74. The zero-order valence-corrected chi connectivity index (χ0v) is 19.7. The van der Waals surface area contributed by atoms with E-state index in [9.17, 15) is 9.59 Å². The second-order valence-electron chi connectivity index (χ2n) is 9.44. The summed E-state index contributed by atoms with van der Waals surface area (Å²) in [4.78, 5) is 33.0. The van der Waals surface area contributed by atoms with Gasteiger partial charge < -0.3 is 10.2 Å². The number of likely N-dealkylation sites (tertiary alicyclic amines) is 1. The molecule has 2 amide bonds. The average molecular weight is 454 g/mol. The first-order valence-electron chi connectivity index (χ1n) is 12.3. The summed E-state index contributed by atoms with van der Waals surface area (Å²) in [6.07, 6.45) is 4.72. The van der Waals surface area contributed by atoms with E-state index in [0.717, 1.165) is 49.1 Å². The minimum absolute atomic E-state index is 0.0388. The number of hydrogen-bond acceptors (Lipinski definition) is 3. The molecule has 0 radical (unpaired) electrons. The van der Waals surface area contributed by atoms with Crippen LogP contribution in [0.1, 0.15) is 80.9 Å². The number of nitrogens with one attached hydrogen (secondary N) is 1. The molecule has 1 fully saturated rings. The molecule has 1 aliphatic heterocycles. The number of benzene rings is 2.